The van der Waals surface area contributed by atoms with Crippen LogP contribution in [0.1, 0.15) is 18.5 Å². The first-order valence-electron chi connectivity index (χ1n) is 6.18. The Hall–Kier alpha value is -2.41. The number of benzene rings is 1. The average molecular weight is 309 g/mol. The van der Waals surface area contributed by atoms with Gasteiger partial charge in [0, 0.05) is 11.6 Å². The second-order valence-electron chi connectivity index (χ2n) is 4.46. The zero-order valence-corrected chi connectivity index (χ0v) is 11.9. The minimum Gasteiger partial charge on any atom is -0.350 e. The Morgan fingerprint density at radius 1 is 1.48 bits per heavy atom. The summed E-state index contributed by atoms with van der Waals surface area (Å²) in [5, 5.41) is 17.8. The van der Waals surface area contributed by atoms with Crippen LogP contribution < -0.4 is 5.32 Å². The van der Waals surface area contributed by atoms with Gasteiger partial charge in [-0.25, -0.2) is 0 Å². The first-order valence-corrected chi connectivity index (χ1v) is 6.56. The minimum atomic E-state index is -0.633. The summed E-state index contributed by atoms with van der Waals surface area (Å²) in [6, 6.07) is 6.47. The Bertz CT molecular complexity index is 654. The molecule has 2 aromatic rings. The molecule has 110 valence electrons. The maximum atomic E-state index is 12.0. The molecule has 0 bridgehead atoms. The summed E-state index contributed by atoms with van der Waals surface area (Å²) in [6.45, 7) is 1.97. The van der Waals surface area contributed by atoms with E-state index < -0.39 is 11.0 Å². The van der Waals surface area contributed by atoms with E-state index in [9.17, 15) is 14.9 Å². The molecule has 0 unspecified atom stereocenters. The molecule has 0 aliphatic heterocycles. The number of amides is 1. The molecule has 1 heterocycles. The summed E-state index contributed by atoms with van der Waals surface area (Å²) < 4.78 is 1.26. The van der Waals surface area contributed by atoms with E-state index in [-0.39, 0.29) is 11.6 Å². The molecular formula is C13H13ClN4O3. The molecule has 0 radical (unpaired) electrons. The molecule has 1 atom stereocenters. The van der Waals surface area contributed by atoms with Gasteiger partial charge in [0.1, 0.15) is 18.4 Å². The molecule has 8 heteroatoms. The Kier molecular flexibility index (Phi) is 4.54. The Labute approximate surface area is 125 Å². The minimum absolute atomic E-state index is 0.146. The molecule has 1 aromatic heterocycles. The van der Waals surface area contributed by atoms with Crippen molar-refractivity contribution in [2.24, 2.45) is 0 Å². The van der Waals surface area contributed by atoms with Gasteiger partial charge in [-0.2, -0.15) is 5.10 Å². The van der Waals surface area contributed by atoms with Crippen molar-refractivity contribution >= 4 is 23.2 Å². The van der Waals surface area contributed by atoms with E-state index in [4.69, 9.17) is 11.6 Å². The maximum absolute atomic E-state index is 12.0. The quantitative estimate of drug-likeness (QED) is 0.678. The highest BCUT2D eigenvalue weighted by Gasteiger charge is 2.18. The van der Waals surface area contributed by atoms with Crippen LogP contribution in [0.4, 0.5) is 5.69 Å². The largest absolute Gasteiger partial charge is 0.350 e. The summed E-state index contributed by atoms with van der Waals surface area (Å²) in [5.74, 6) is -0.275. The van der Waals surface area contributed by atoms with E-state index in [1.54, 1.807) is 19.1 Å². The molecule has 1 N–H and O–H groups in total. The van der Waals surface area contributed by atoms with Crippen molar-refractivity contribution in [1.82, 2.24) is 15.1 Å². The van der Waals surface area contributed by atoms with Crippen molar-refractivity contribution in [3.05, 3.63) is 57.4 Å². The second-order valence-corrected chi connectivity index (χ2v) is 4.89. The fourth-order valence-corrected chi connectivity index (χ4v) is 1.82. The standard InChI is InChI=1S/C13H13ClN4O3/c1-9(17-8-12(7-16-17)18(20)21)13(19)15-6-10-2-4-11(14)5-3-10/h2-5,7-9H,6H2,1H3,(H,15,19)/t9-/m1/s1. The number of rotatable bonds is 5. The van der Waals surface area contributed by atoms with Gasteiger partial charge in [0.15, 0.2) is 0 Å². The van der Waals surface area contributed by atoms with Crippen molar-refractivity contribution < 1.29 is 9.72 Å². The van der Waals surface area contributed by atoms with E-state index in [2.05, 4.69) is 10.4 Å². The van der Waals surface area contributed by atoms with Gasteiger partial charge in [0.05, 0.1) is 4.92 Å². The maximum Gasteiger partial charge on any atom is 0.307 e. The Morgan fingerprint density at radius 2 is 2.14 bits per heavy atom. The van der Waals surface area contributed by atoms with Gasteiger partial charge in [0.25, 0.3) is 0 Å². The summed E-state index contributed by atoms with van der Waals surface area (Å²) >= 11 is 5.78. The SMILES string of the molecule is C[C@H](C(=O)NCc1ccc(Cl)cc1)n1cc([N+](=O)[O-])cn1. The highest BCUT2D eigenvalue weighted by molar-refractivity contribution is 6.30. The molecule has 0 aliphatic rings. The topological polar surface area (TPSA) is 90.1 Å². The molecule has 0 spiro atoms. The average Bonchev–Trinajstić information content (AvgIpc) is 2.95. The van der Waals surface area contributed by atoms with Crippen LogP contribution in [0.25, 0.3) is 0 Å². The first-order chi connectivity index (χ1) is 9.97. The highest BCUT2D eigenvalue weighted by atomic mass is 35.5. The molecule has 1 amide bonds. The fraction of sp³-hybridized carbons (Fsp3) is 0.231. The van der Waals surface area contributed by atoms with Crippen LogP contribution in [0.15, 0.2) is 36.7 Å². The molecule has 7 nitrogen and oxygen atoms in total. The van der Waals surface area contributed by atoms with Crippen LogP contribution in [0, 0.1) is 10.1 Å². The van der Waals surface area contributed by atoms with Crippen molar-refractivity contribution in [2.45, 2.75) is 19.5 Å². The summed E-state index contributed by atoms with van der Waals surface area (Å²) in [4.78, 5) is 22.0. The third-order valence-corrected chi connectivity index (χ3v) is 3.21. The van der Waals surface area contributed by atoms with Crippen LogP contribution in [0.5, 0.6) is 0 Å². The van der Waals surface area contributed by atoms with Crippen LogP contribution in [0.2, 0.25) is 5.02 Å². The predicted octanol–water partition coefficient (Wildman–Crippen LogP) is 2.32. The number of hydrogen-bond donors (Lipinski definition) is 1. The molecule has 0 saturated carbocycles. The number of halogens is 1. The molecule has 1 aromatic carbocycles. The zero-order valence-electron chi connectivity index (χ0n) is 11.2. The first kappa shape index (κ1) is 15.0. The van der Waals surface area contributed by atoms with Crippen LogP contribution in [0.3, 0.4) is 0 Å². The summed E-state index contributed by atoms with van der Waals surface area (Å²) in [5.41, 5.74) is 0.763. The molecule has 0 saturated heterocycles. The number of carbonyl (C=O) groups is 1. The fourth-order valence-electron chi connectivity index (χ4n) is 1.69. The van der Waals surface area contributed by atoms with Crippen molar-refractivity contribution in [2.75, 3.05) is 0 Å². The lowest BCUT2D eigenvalue weighted by Gasteiger charge is -2.12. The van der Waals surface area contributed by atoms with Crippen LogP contribution >= 0.6 is 11.6 Å². The third kappa shape index (κ3) is 3.79. The van der Waals surface area contributed by atoms with E-state index >= 15 is 0 Å². The monoisotopic (exact) mass is 308 g/mol. The van der Waals surface area contributed by atoms with Gasteiger partial charge in [-0.05, 0) is 24.6 Å². The normalized spacial score (nSPS) is 11.9. The highest BCUT2D eigenvalue weighted by Crippen LogP contribution is 2.13. The number of hydrogen-bond acceptors (Lipinski definition) is 4. The molecule has 2 rings (SSSR count). The van der Waals surface area contributed by atoms with Gasteiger partial charge < -0.3 is 5.32 Å². The van der Waals surface area contributed by atoms with E-state index in [0.29, 0.717) is 11.6 Å². The number of nitrogens with zero attached hydrogens (tertiary/aromatic N) is 3. The van der Waals surface area contributed by atoms with Crippen molar-refractivity contribution in [1.29, 1.82) is 0 Å². The Balaban J connectivity index is 1.95. The number of nitro groups is 1. The van der Waals surface area contributed by atoms with Gasteiger partial charge in [-0.15, -0.1) is 0 Å². The summed E-state index contributed by atoms with van der Waals surface area (Å²) in [6.07, 6.45) is 2.34. The molecular weight excluding hydrogens is 296 g/mol. The number of nitrogens with one attached hydrogen (secondary N) is 1. The number of carbonyl (C=O) groups excluding carboxylic acids is 1. The molecule has 0 fully saturated rings. The Morgan fingerprint density at radius 3 is 2.71 bits per heavy atom. The zero-order chi connectivity index (χ0) is 15.4. The lowest BCUT2D eigenvalue weighted by atomic mass is 10.2. The van der Waals surface area contributed by atoms with E-state index in [1.807, 2.05) is 12.1 Å². The van der Waals surface area contributed by atoms with Crippen LogP contribution in [-0.2, 0) is 11.3 Å². The van der Waals surface area contributed by atoms with E-state index in [0.717, 1.165) is 11.8 Å². The molecule has 21 heavy (non-hydrogen) atoms. The van der Waals surface area contributed by atoms with Gasteiger partial charge in [-0.3, -0.25) is 19.6 Å². The van der Waals surface area contributed by atoms with Crippen molar-refractivity contribution in [3.63, 3.8) is 0 Å². The van der Waals surface area contributed by atoms with E-state index in [1.165, 1.54) is 10.9 Å². The summed E-state index contributed by atoms with van der Waals surface area (Å²) in [7, 11) is 0. The van der Waals surface area contributed by atoms with Crippen molar-refractivity contribution in [3.8, 4) is 0 Å². The van der Waals surface area contributed by atoms with Crippen LogP contribution in [-0.4, -0.2) is 20.6 Å². The predicted molar refractivity (Wildman–Crippen MR) is 76.9 cm³/mol. The third-order valence-electron chi connectivity index (χ3n) is 2.95. The smallest absolute Gasteiger partial charge is 0.307 e. The lowest BCUT2D eigenvalue weighted by Crippen LogP contribution is -2.30. The second kappa shape index (κ2) is 6.36. The molecule has 0 aliphatic carbocycles. The number of aromatic nitrogens is 2. The van der Waals surface area contributed by atoms with Gasteiger partial charge in [-0.1, -0.05) is 23.7 Å². The van der Waals surface area contributed by atoms with Gasteiger partial charge >= 0.3 is 5.69 Å². The van der Waals surface area contributed by atoms with Gasteiger partial charge in [0.2, 0.25) is 5.91 Å². The lowest BCUT2D eigenvalue weighted by molar-refractivity contribution is -0.385.